The van der Waals surface area contributed by atoms with E-state index in [-0.39, 0.29) is 28.9 Å². The predicted octanol–water partition coefficient (Wildman–Crippen LogP) is 1.13. The van der Waals surface area contributed by atoms with E-state index < -0.39 is 11.2 Å². The number of imidazole rings is 1. The number of rotatable bonds is 2. The number of nitrogens with zero attached hydrogens (tertiary/aromatic N) is 5. The number of fused-ring (bicyclic) bond motifs is 2. The summed E-state index contributed by atoms with van der Waals surface area (Å²) in [6.07, 6.45) is 6.05. The molecule has 9 heteroatoms. The van der Waals surface area contributed by atoms with Gasteiger partial charge in [0.05, 0.1) is 0 Å². The van der Waals surface area contributed by atoms with Gasteiger partial charge in [-0.25, -0.2) is 4.79 Å². The number of halogens is 1. The van der Waals surface area contributed by atoms with Crippen molar-refractivity contribution in [3.63, 3.8) is 0 Å². The monoisotopic (exact) mass is 393 g/mol. The summed E-state index contributed by atoms with van der Waals surface area (Å²) in [7, 11) is 2.94. The fraction of sp³-hybridized carbons (Fsp3) is 0.667. The molecule has 0 radical (unpaired) electrons. The van der Waals surface area contributed by atoms with Crippen molar-refractivity contribution in [2.24, 2.45) is 25.9 Å². The topological polar surface area (TPSA) is 82.1 Å². The Balaban J connectivity index is 1.64. The second-order valence-electron chi connectivity index (χ2n) is 7.78. The first-order valence-corrected chi connectivity index (χ1v) is 9.85. The van der Waals surface area contributed by atoms with Crippen molar-refractivity contribution in [3.05, 3.63) is 26.1 Å². The lowest BCUT2D eigenvalue weighted by molar-refractivity contribution is -0.134. The number of likely N-dealkylation sites (tertiary alicyclic amines) is 1. The van der Waals surface area contributed by atoms with E-state index in [1.165, 1.54) is 48.9 Å². The van der Waals surface area contributed by atoms with E-state index in [1.807, 2.05) is 4.90 Å². The van der Waals surface area contributed by atoms with Crippen LogP contribution in [0, 0.1) is 11.8 Å². The van der Waals surface area contributed by atoms with Crippen LogP contribution in [-0.4, -0.2) is 42.6 Å². The number of piperidine rings is 1. The van der Waals surface area contributed by atoms with E-state index in [2.05, 4.69) is 4.98 Å². The van der Waals surface area contributed by atoms with Crippen molar-refractivity contribution in [1.29, 1.82) is 0 Å². The number of amides is 1. The second-order valence-corrected chi connectivity index (χ2v) is 8.12. The number of aromatic nitrogens is 4. The highest BCUT2D eigenvalue weighted by Gasteiger charge is 2.33. The SMILES string of the molecule is Cn1c(=O)c2c(nc(Cl)n2CC(=O)N2CCC3CCCCC3C2)n(C)c1=O. The Kier molecular flexibility index (Phi) is 4.61. The molecular weight excluding hydrogens is 370 g/mol. The van der Waals surface area contributed by atoms with Crippen LogP contribution in [0.2, 0.25) is 5.28 Å². The Morgan fingerprint density at radius 2 is 1.81 bits per heavy atom. The van der Waals surface area contributed by atoms with Gasteiger partial charge in [0.2, 0.25) is 11.2 Å². The summed E-state index contributed by atoms with van der Waals surface area (Å²) in [4.78, 5) is 43.6. The second kappa shape index (κ2) is 6.82. The van der Waals surface area contributed by atoms with E-state index >= 15 is 0 Å². The molecule has 2 aromatic heterocycles. The minimum Gasteiger partial charge on any atom is -0.341 e. The average molecular weight is 394 g/mol. The minimum absolute atomic E-state index is 0.0415. The molecule has 1 amide bonds. The first-order chi connectivity index (χ1) is 12.9. The normalized spacial score (nSPS) is 22.9. The van der Waals surface area contributed by atoms with Gasteiger partial charge in [-0.1, -0.05) is 19.3 Å². The summed E-state index contributed by atoms with van der Waals surface area (Å²) in [5.41, 5.74) is -0.580. The fourth-order valence-corrected chi connectivity index (χ4v) is 4.85. The van der Waals surface area contributed by atoms with Gasteiger partial charge in [-0.15, -0.1) is 0 Å². The summed E-state index contributed by atoms with van der Waals surface area (Å²) >= 11 is 6.23. The molecule has 1 aliphatic heterocycles. The lowest BCUT2D eigenvalue weighted by Crippen LogP contribution is -2.46. The third kappa shape index (κ3) is 2.99. The van der Waals surface area contributed by atoms with E-state index in [0.29, 0.717) is 5.92 Å². The molecule has 2 atom stereocenters. The molecule has 2 aliphatic rings. The zero-order valence-electron chi connectivity index (χ0n) is 15.7. The maximum atomic E-state index is 12.9. The standard InChI is InChI=1S/C18H24ClN5O3/c1-21-15-14(16(26)22(2)18(21)27)24(17(19)20-15)10-13(25)23-8-7-11-5-3-4-6-12(11)9-23/h11-12H,3-10H2,1-2H3. The molecule has 0 aromatic carbocycles. The molecule has 1 saturated carbocycles. The quantitative estimate of drug-likeness (QED) is 0.716. The molecule has 2 aromatic rings. The van der Waals surface area contributed by atoms with Crippen LogP contribution in [0.4, 0.5) is 0 Å². The molecular formula is C18H24ClN5O3. The molecule has 2 fully saturated rings. The number of hydrogen-bond acceptors (Lipinski definition) is 4. The Hall–Kier alpha value is -2.09. The van der Waals surface area contributed by atoms with Gasteiger partial charge in [0.25, 0.3) is 5.56 Å². The molecule has 0 bridgehead atoms. The highest BCUT2D eigenvalue weighted by Crippen LogP contribution is 2.36. The van der Waals surface area contributed by atoms with Gasteiger partial charge in [0.15, 0.2) is 11.2 Å². The lowest BCUT2D eigenvalue weighted by Gasteiger charge is -2.41. The van der Waals surface area contributed by atoms with E-state index in [9.17, 15) is 14.4 Å². The van der Waals surface area contributed by atoms with Crippen LogP contribution < -0.4 is 11.2 Å². The van der Waals surface area contributed by atoms with Crippen LogP contribution in [0.25, 0.3) is 11.2 Å². The average Bonchev–Trinajstić information content (AvgIpc) is 3.00. The molecule has 2 unspecified atom stereocenters. The maximum Gasteiger partial charge on any atom is 0.332 e. The maximum absolute atomic E-state index is 12.9. The van der Waals surface area contributed by atoms with Crippen LogP contribution in [0.3, 0.4) is 0 Å². The minimum atomic E-state index is -0.494. The Labute approximate surface area is 161 Å². The molecule has 4 rings (SSSR count). The van der Waals surface area contributed by atoms with E-state index in [4.69, 9.17) is 11.6 Å². The van der Waals surface area contributed by atoms with Crippen molar-refractivity contribution >= 4 is 28.7 Å². The lowest BCUT2D eigenvalue weighted by atomic mass is 9.75. The highest BCUT2D eigenvalue weighted by molar-refractivity contribution is 6.29. The molecule has 0 spiro atoms. The zero-order valence-corrected chi connectivity index (χ0v) is 16.4. The molecule has 146 valence electrons. The Bertz CT molecular complexity index is 1020. The van der Waals surface area contributed by atoms with Crippen LogP contribution >= 0.6 is 11.6 Å². The van der Waals surface area contributed by atoms with Gasteiger partial charge in [-0.2, -0.15) is 4.98 Å². The third-order valence-corrected chi connectivity index (χ3v) is 6.53. The Morgan fingerprint density at radius 3 is 2.56 bits per heavy atom. The van der Waals surface area contributed by atoms with Gasteiger partial charge < -0.3 is 4.90 Å². The number of carbonyl (C=O) groups excluding carboxylic acids is 1. The van der Waals surface area contributed by atoms with Gasteiger partial charge in [-0.3, -0.25) is 23.3 Å². The molecule has 8 nitrogen and oxygen atoms in total. The van der Waals surface area contributed by atoms with Crippen molar-refractivity contribution in [1.82, 2.24) is 23.6 Å². The molecule has 3 heterocycles. The summed E-state index contributed by atoms with van der Waals surface area (Å²) in [6, 6.07) is 0. The largest absolute Gasteiger partial charge is 0.341 e. The summed E-state index contributed by atoms with van der Waals surface area (Å²) in [5, 5.41) is 0.0456. The van der Waals surface area contributed by atoms with E-state index in [0.717, 1.165) is 30.0 Å². The van der Waals surface area contributed by atoms with Gasteiger partial charge >= 0.3 is 5.69 Å². The highest BCUT2D eigenvalue weighted by atomic mass is 35.5. The van der Waals surface area contributed by atoms with E-state index in [1.54, 1.807) is 0 Å². The molecule has 1 aliphatic carbocycles. The van der Waals surface area contributed by atoms with Crippen molar-refractivity contribution in [3.8, 4) is 0 Å². The van der Waals surface area contributed by atoms with Crippen LogP contribution in [0.15, 0.2) is 9.59 Å². The van der Waals surface area contributed by atoms with Crippen molar-refractivity contribution in [2.45, 2.75) is 38.6 Å². The third-order valence-electron chi connectivity index (χ3n) is 6.24. The van der Waals surface area contributed by atoms with Gasteiger partial charge in [0, 0.05) is 27.2 Å². The smallest absolute Gasteiger partial charge is 0.332 e. The number of aryl methyl sites for hydroxylation is 1. The van der Waals surface area contributed by atoms with Crippen LogP contribution in [0.5, 0.6) is 0 Å². The summed E-state index contributed by atoms with van der Waals surface area (Å²) in [6.45, 7) is 1.49. The number of hydrogen-bond donors (Lipinski definition) is 0. The van der Waals surface area contributed by atoms with Gasteiger partial charge in [-0.05, 0) is 36.3 Å². The summed E-state index contributed by atoms with van der Waals surface area (Å²) in [5.74, 6) is 1.26. The predicted molar refractivity (Wildman–Crippen MR) is 102 cm³/mol. The fourth-order valence-electron chi connectivity index (χ4n) is 4.63. The van der Waals surface area contributed by atoms with Crippen molar-refractivity contribution < 1.29 is 4.79 Å². The molecule has 27 heavy (non-hydrogen) atoms. The first kappa shape index (κ1) is 18.3. The van der Waals surface area contributed by atoms with Crippen LogP contribution in [0.1, 0.15) is 32.1 Å². The van der Waals surface area contributed by atoms with Crippen LogP contribution in [-0.2, 0) is 25.4 Å². The Morgan fingerprint density at radius 1 is 1.11 bits per heavy atom. The van der Waals surface area contributed by atoms with Crippen molar-refractivity contribution in [2.75, 3.05) is 13.1 Å². The first-order valence-electron chi connectivity index (χ1n) is 9.48. The molecule has 1 saturated heterocycles. The number of carbonyl (C=O) groups is 1. The summed E-state index contributed by atoms with van der Waals surface area (Å²) < 4.78 is 3.71. The molecule has 0 N–H and O–H groups in total. The zero-order chi connectivity index (χ0) is 19.3. The van der Waals surface area contributed by atoms with Gasteiger partial charge in [0.1, 0.15) is 6.54 Å².